The van der Waals surface area contributed by atoms with E-state index in [9.17, 15) is 4.79 Å². The minimum atomic E-state index is -0.0410. The van der Waals surface area contributed by atoms with Crippen molar-refractivity contribution in [1.29, 1.82) is 0 Å². The minimum Gasteiger partial charge on any atom is -0.494 e. The quantitative estimate of drug-likeness (QED) is 0.708. The molecule has 2 aromatic rings. The Kier molecular flexibility index (Phi) is 5.78. The molecule has 0 spiro atoms. The molecule has 1 saturated heterocycles. The zero-order valence-electron chi connectivity index (χ0n) is 15.2. The summed E-state index contributed by atoms with van der Waals surface area (Å²) >= 11 is 1.39. The molecular formula is C21H22N2O2S. The van der Waals surface area contributed by atoms with Crippen molar-refractivity contribution in [2.75, 3.05) is 13.7 Å². The van der Waals surface area contributed by atoms with E-state index < -0.39 is 0 Å². The van der Waals surface area contributed by atoms with Crippen LogP contribution in [0.5, 0.6) is 5.75 Å². The first-order valence-corrected chi connectivity index (χ1v) is 9.50. The van der Waals surface area contributed by atoms with Gasteiger partial charge >= 0.3 is 0 Å². The highest BCUT2D eigenvalue weighted by atomic mass is 32.2. The van der Waals surface area contributed by atoms with Crippen LogP contribution in [-0.2, 0) is 11.2 Å². The van der Waals surface area contributed by atoms with Gasteiger partial charge in [0, 0.05) is 7.05 Å². The number of hydrogen-bond donors (Lipinski definition) is 0. The van der Waals surface area contributed by atoms with Crippen molar-refractivity contribution in [2.24, 2.45) is 4.99 Å². The normalized spacial score (nSPS) is 17.3. The van der Waals surface area contributed by atoms with Crippen molar-refractivity contribution in [3.05, 3.63) is 64.6 Å². The molecule has 0 bridgehead atoms. The van der Waals surface area contributed by atoms with Crippen LogP contribution in [0.1, 0.15) is 25.0 Å². The average Bonchev–Trinajstić information content (AvgIpc) is 2.91. The summed E-state index contributed by atoms with van der Waals surface area (Å²) in [6, 6.07) is 15.8. The molecule has 0 atom stereocenters. The summed E-state index contributed by atoms with van der Waals surface area (Å²) < 4.78 is 5.52. The third-order valence-electron chi connectivity index (χ3n) is 4.04. The Morgan fingerprint density at radius 3 is 2.62 bits per heavy atom. The fourth-order valence-electron chi connectivity index (χ4n) is 2.58. The number of hydrogen-bond acceptors (Lipinski definition) is 4. The number of amides is 1. The highest BCUT2D eigenvalue weighted by molar-refractivity contribution is 8.18. The van der Waals surface area contributed by atoms with Crippen LogP contribution in [0.15, 0.2) is 58.4 Å². The number of rotatable bonds is 5. The molecule has 0 aromatic heterocycles. The Bertz CT molecular complexity index is 857. The number of aliphatic imine (C=N–C) groups is 1. The van der Waals surface area contributed by atoms with Crippen molar-refractivity contribution in [2.45, 2.75) is 20.3 Å². The van der Waals surface area contributed by atoms with Gasteiger partial charge in [-0.25, -0.2) is 4.99 Å². The summed E-state index contributed by atoms with van der Waals surface area (Å²) in [7, 11) is 1.76. The van der Waals surface area contributed by atoms with E-state index in [4.69, 9.17) is 4.74 Å². The first kappa shape index (κ1) is 18.3. The summed E-state index contributed by atoms with van der Waals surface area (Å²) in [4.78, 5) is 19.4. The predicted octanol–water partition coefficient (Wildman–Crippen LogP) is 4.88. The van der Waals surface area contributed by atoms with Gasteiger partial charge in [-0.15, -0.1) is 0 Å². The molecule has 1 fully saturated rings. The Morgan fingerprint density at radius 1 is 1.15 bits per heavy atom. The van der Waals surface area contributed by atoms with Crippen molar-refractivity contribution < 1.29 is 9.53 Å². The number of amidine groups is 1. The maximum absolute atomic E-state index is 12.5. The van der Waals surface area contributed by atoms with Crippen LogP contribution in [0.2, 0.25) is 0 Å². The topological polar surface area (TPSA) is 41.9 Å². The summed E-state index contributed by atoms with van der Waals surface area (Å²) in [6.45, 7) is 4.69. The van der Waals surface area contributed by atoms with E-state index in [2.05, 4.69) is 24.0 Å². The molecular weight excluding hydrogens is 344 g/mol. The number of thioether (sulfide) groups is 1. The molecule has 4 nitrogen and oxygen atoms in total. The van der Waals surface area contributed by atoms with E-state index >= 15 is 0 Å². The van der Waals surface area contributed by atoms with Gasteiger partial charge in [-0.1, -0.05) is 31.2 Å². The molecule has 1 aliphatic heterocycles. The Labute approximate surface area is 158 Å². The van der Waals surface area contributed by atoms with E-state index in [1.165, 1.54) is 17.3 Å². The van der Waals surface area contributed by atoms with Gasteiger partial charge in [-0.3, -0.25) is 9.69 Å². The smallest absolute Gasteiger partial charge is 0.266 e. The first-order valence-electron chi connectivity index (χ1n) is 8.68. The second-order valence-corrected chi connectivity index (χ2v) is 6.90. The van der Waals surface area contributed by atoms with E-state index in [0.29, 0.717) is 16.7 Å². The van der Waals surface area contributed by atoms with Gasteiger partial charge < -0.3 is 4.74 Å². The molecule has 0 unspecified atom stereocenters. The summed E-state index contributed by atoms with van der Waals surface area (Å²) in [5, 5.41) is 0.687. The minimum absolute atomic E-state index is 0.0410. The lowest BCUT2D eigenvalue weighted by molar-refractivity contribution is -0.121. The van der Waals surface area contributed by atoms with Crippen molar-refractivity contribution in [1.82, 2.24) is 4.90 Å². The van der Waals surface area contributed by atoms with Gasteiger partial charge in [-0.05, 0) is 66.6 Å². The van der Waals surface area contributed by atoms with Gasteiger partial charge in [0.25, 0.3) is 5.91 Å². The molecule has 26 heavy (non-hydrogen) atoms. The summed E-state index contributed by atoms with van der Waals surface area (Å²) in [6.07, 6.45) is 2.88. The first-order chi connectivity index (χ1) is 12.6. The van der Waals surface area contributed by atoms with Crippen molar-refractivity contribution in [3.63, 3.8) is 0 Å². The molecule has 1 heterocycles. The van der Waals surface area contributed by atoms with Crippen LogP contribution in [0.4, 0.5) is 5.69 Å². The Morgan fingerprint density at radius 2 is 1.92 bits per heavy atom. The van der Waals surface area contributed by atoms with Gasteiger partial charge in [0.2, 0.25) is 0 Å². The zero-order chi connectivity index (χ0) is 18.5. The fourth-order valence-corrected chi connectivity index (χ4v) is 3.57. The molecule has 1 aliphatic rings. The lowest BCUT2D eigenvalue weighted by Gasteiger charge is -2.07. The molecule has 3 rings (SSSR count). The summed E-state index contributed by atoms with van der Waals surface area (Å²) in [5.74, 6) is 0.760. The monoisotopic (exact) mass is 366 g/mol. The summed E-state index contributed by atoms with van der Waals surface area (Å²) in [5.41, 5.74) is 3.06. The van der Waals surface area contributed by atoms with Crippen LogP contribution < -0.4 is 4.74 Å². The Hall–Kier alpha value is -2.53. The molecule has 0 aliphatic carbocycles. The van der Waals surface area contributed by atoms with Crippen LogP contribution >= 0.6 is 11.8 Å². The maximum atomic E-state index is 12.5. The fraction of sp³-hybridized carbons (Fsp3) is 0.238. The third kappa shape index (κ3) is 4.17. The van der Waals surface area contributed by atoms with E-state index in [-0.39, 0.29) is 5.91 Å². The average molecular weight is 366 g/mol. The van der Waals surface area contributed by atoms with Crippen molar-refractivity contribution >= 4 is 34.6 Å². The number of carbonyl (C=O) groups excluding carboxylic acids is 1. The maximum Gasteiger partial charge on any atom is 0.266 e. The number of benzene rings is 2. The number of ether oxygens (including phenoxy) is 1. The van der Waals surface area contributed by atoms with Crippen LogP contribution in [-0.4, -0.2) is 29.6 Å². The number of nitrogens with zero attached hydrogens (tertiary/aromatic N) is 2. The standard InChI is InChI=1S/C21H22N2O2S/c1-4-15-9-11-17(12-10-15)22-21-23(3)20(24)19(26-21)14-16-7-6-8-18(13-16)25-5-2/h6-14H,4-5H2,1-3H3/b19-14+,22-21?. The number of likely N-dealkylation sites (N-methyl/N-ethyl adjacent to an activating group) is 1. The van der Waals surface area contributed by atoms with Crippen LogP contribution in [0.25, 0.3) is 6.08 Å². The molecule has 2 aromatic carbocycles. The lowest BCUT2D eigenvalue weighted by Crippen LogP contribution is -2.23. The predicted molar refractivity (Wildman–Crippen MR) is 109 cm³/mol. The third-order valence-corrected chi connectivity index (χ3v) is 5.10. The second kappa shape index (κ2) is 8.23. The molecule has 134 valence electrons. The Balaban J connectivity index is 1.83. The van der Waals surface area contributed by atoms with Crippen LogP contribution in [0.3, 0.4) is 0 Å². The molecule has 1 amide bonds. The molecule has 5 heteroatoms. The largest absolute Gasteiger partial charge is 0.494 e. The molecule has 0 saturated carbocycles. The van der Waals surface area contributed by atoms with Gasteiger partial charge in [0.05, 0.1) is 17.2 Å². The van der Waals surface area contributed by atoms with Gasteiger partial charge in [0.15, 0.2) is 5.17 Å². The highest BCUT2D eigenvalue weighted by Crippen LogP contribution is 2.33. The van der Waals surface area contributed by atoms with E-state index in [1.807, 2.05) is 49.4 Å². The molecule has 0 N–H and O–H groups in total. The number of aryl methyl sites for hydroxylation is 1. The van der Waals surface area contributed by atoms with E-state index in [1.54, 1.807) is 11.9 Å². The second-order valence-electron chi connectivity index (χ2n) is 5.89. The van der Waals surface area contributed by atoms with Gasteiger partial charge in [-0.2, -0.15) is 0 Å². The highest BCUT2D eigenvalue weighted by Gasteiger charge is 2.30. The van der Waals surface area contributed by atoms with Gasteiger partial charge in [0.1, 0.15) is 5.75 Å². The SMILES string of the molecule is CCOc1cccc(/C=C2/SC(=Nc3ccc(CC)cc3)N(C)C2=O)c1. The van der Waals surface area contributed by atoms with Crippen LogP contribution in [0, 0.1) is 0 Å². The molecule has 0 radical (unpaired) electrons. The zero-order valence-corrected chi connectivity index (χ0v) is 16.0. The number of carbonyl (C=O) groups is 1. The van der Waals surface area contributed by atoms with Crippen molar-refractivity contribution in [3.8, 4) is 5.75 Å². The van der Waals surface area contributed by atoms with E-state index in [0.717, 1.165) is 23.4 Å². The lowest BCUT2D eigenvalue weighted by atomic mass is 10.2.